The molecule has 0 heterocycles. The van der Waals surface area contributed by atoms with Gasteiger partial charge < -0.3 is 9.64 Å². The number of ether oxygens (including phenoxy) is 1. The molecule has 0 spiro atoms. The lowest BCUT2D eigenvalue weighted by molar-refractivity contribution is 0.0635. The van der Waals surface area contributed by atoms with Crippen LogP contribution in [0.2, 0.25) is 0 Å². The Labute approximate surface area is 113 Å². The van der Waals surface area contributed by atoms with Crippen LogP contribution in [0.1, 0.15) is 31.1 Å². The standard InChI is InChI=1S/C14H20N2O3/c1-14(2,3)19-13(18)15-11-8-6-10(7-9-11)12(17)16(4)5/h6-9H,1-5H3,(H,15,18). The van der Waals surface area contributed by atoms with Crippen LogP contribution in [-0.2, 0) is 4.74 Å². The van der Waals surface area contributed by atoms with Crippen molar-refractivity contribution in [3.8, 4) is 0 Å². The van der Waals surface area contributed by atoms with Crippen molar-refractivity contribution < 1.29 is 14.3 Å². The molecule has 0 aliphatic rings. The minimum Gasteiger partial charge on any atom is -0.444 e. The lowest BCUT2D eigenvalue weighted by Crippen LogP contribution is -2.27. The summed E-state index contributed by atoms with van der Waals surface area (Å²) in [4.78, 5) is 24.7. The highest BCUT2D eigenvalue weighted by atomic mass is 16.6. The van der Waals surface area contributed by atoms with Crippen LogP contribution in [0.3, 0.4) is 0 Å². The van der Waals surface area contributed by atoms with Crippen LogP contribution in [0.15, 0.2) is 24.3 Å². The van der Waals surface area contributed by atoms with Gasteiger partial charge in [-0.3, -0.25) is 10.1 Å². The van der Waals surface area contributed by atoms with Gasteiger partial charge in [0.25, 0.3) is 5.91 Å². The number of nitrogens with one attached hydrogen (secondary N) is 1. The fourth-order valence-corrected chi connectivity index (χ4v) is 1.38. The summed E-state index contributed by atoms with van der Waals surface area (Å²) in [7, 11) is 3.38. The molecule has 0 saturated carbocycles. The van der Waals surface area contributed by atoms with Crippen molar-refractivity contribution in [2.75, 3.05) is 19.4 Å². The largest absolute Gasteiger partial charge is 0.444 e. The minimum absolute atomic E-state index is 0.0798. The highest BCUT2D eigenvalue weighted by Gasteiger charge is 2.16. The molecule has 0 unspecified atom stereocenters. The molecule has 0 atom stereocenters. The number of anilines is 1. The molecular weight excluding hydrogens is 244 g/mol. The second-order valence-electron chi connectivity index (χ2n) is 5.40. The molecule has 0 aliphatic heterocycles. The van der Waals surface area contributed by atoms with Crippen molar-refractivity contribution in [2.45, 2.75) is 26.4 Å². The van der Waals surface area contributed by atoms with E-state index in [1.165, 1.54) is 4.90 Å². The van der Waals surface area contributed by atoms with Gasteiger partial charge in [0, 0.05) is 25.3 Å². The average Bonchev–Trinajstić information content (AvgIpc) is 2.26. The first-order chi connectivity index (χ1) is 8.69. The van der Waals surface area contributed by atoms with E-state index in [-0.39, 0.29) is 5.91 Å². The van der Waals surface area contributed by atoms with Gasteiger partial charge in [-0.1, -0.05) is 0 Å². The highest BCUT2D eigenvalue weighted by molar-refractivity contribution is 5.94. The number of benzene rings is 1. The molecule has 0 saturated heterocycles. The normalized spacial score (nSPS) is 10.8. The van der Waals surface area contributed by atoms with Crippen LogP contribution in [-0.4, -0.2) is 36.6 Å². The molecule has 0 aromatic heterocycles. The fourth-order valence-electron chi connectivity index (χ4n) is 1.38. The maximum atomic E-state index is 11.7. The monoisotopic (exact) mass is 264 g/mol. The van der Waals surface area contributed by atoms with Crippen molar-refractivity contribution in [1.82, 2.24) is 4.90 Å². The summed E-state index contributed by atoms with van der Waals surface area (Å²) in [5.41, 5.74) is 0.620. The van der Waals surface area contributed by atoms with Gasteiger partial charge in [0.1, 0.15) is 5.60 Å². The maximum Gasteiger partial charge on any atom is 0.412 e. The minimum atomic E-state index is -0.537. The van der Waals surface area contributed by atoms with Crippen LogP contribution < -0.4 is 5.32 Å². The van der Waals surface area contributed by atoms with E-state index in [2.05, 4.69) is 5.32 Å². The van der Waals surface area contributed by atoms with Gasteiger partial charge in [-0.25, -0.2) is 4.79 Å². The number of hydrogen-bond acceptors (Lipinski definition) is 3. The van der Waals surface area contributed by atoms with Crippen LogP contribution in [0, 0.1) is 0 Å². The fraction of sp³-hybridized carbons (Fsp3) is 0.429. The summed E-state index contributed by atoms with van der Waals surface area (Å²) in [6.07, 6.45) is -0.515. The molecule has 2 amide bonds. The molecule has 0 radical (unpaired) electrons. The Morgan fingerprint density at radius 3 is 2.05 bits per heavy atom. The van der Waals surface area contributed by atoms with Gasteiger partial charge in [0.15, 0.2) is 0 Å². The van der Waals surface area contributed by atoms with Crippen LogP contribution >= 0.6 is 0 Å². The van der Waals surface area contributed by atoms with E-state index in [4.69, 9.17) is 4.74 Å². The third-order valence-corrected chi connectivity index (χ3v) is 2.18. The Bertz CT molecular complexity index is 459. The Kier molecular flexibility index (Phi) is 4.53. The average molecular weight is 264 g/mol. The Morgan fingerprint density at radius 1 is 1.11 bits per heavy atom. The van der Waals surface area contributed by atoms with Crippen molar-refractivity contribution in [3.63, 3.8) is 0 Å². The molecule has 5 nitrogen and oxygen atoms in total. The van der Waals surface area contributed by atoms with Crippen molar-refractivity contribution in [2.24, 2.45) is 0 Å². The zero-order valence-electron chi connectivity index (χ0n) is 12.0. The van der Waals surface area contributed by atoms with E-state index < -0.39 is 11.7 Å². The van der Waals surface area contributed by atoms with Gasteiger partial charge in [0.05, 0.1) is 0 Å². The van der Waals surface area contributed by atoms with E-state index in [0.29, 0.717) is 11.3 Å². The first-order valence-corrected chi connectivity index (χ1v) is 6.01. The first-order valence-electron chi connectivity index (χ1n) is 6.01. The van der Waals surface area contributed by atoms with E-state index in [0.717, 1.165) is 0 Å². The van der Waals surface area contributed by atoms with Crippen molar-refractivity contribution in [3.05, 3.63) is 29.8 Å². The zero-order valence-corrected chi connectivity index (χ0v) is 12.0. The Morgan fingerprint density at radius 2 is 1.63 bits per heavy atom. The topological polar surface area (TPSA) is 58.6 Å². The number of amides is 2. The van der Waals surface area contributed by atoms with Gasteiger partial charge in [-0.2, -0.15) is 0 Å². The molecule has 0 bridgehead atoms. The number of rotatable bonds is 2. The summed E-state index contributed by atoms with van der Waals surface area (Å²) in [6, 6.07) is 6.66. The molecule has 104 valence electrons. The number of carbonyl (C=O) groups excluding carboxylic acids is 2. The summed E-state index contributed by atoms with van der Waals surface area (Å²) in [6.45, 7) is 5.39. The van der Waals surface area contributed by atoms with Crippen molar-refractivity contribution >= 4 is 17.7 Å². The lowest BCUT2D eigenvalue weighted by Gasteiger charge is -2.19. The predicted molar refractivity (Wildman–Crippen MR) is 74.3 cm³/mol. The molecule has 0 fully saturated rings. The molecule has 0 aliphatic carbocycles. The number of nitrogens with zero attached hydrogens (tertiary/aromatic N) is 1. The second kappa shape index (κ2) is 5.73. The summed E-state index contributed by atoms with van der Waals surface area (Å²) in [5, 5.41) is 2.61. The number of carbonyl (C=O) groups is 2. The molecular formula is C14H20N2O3. The highest BCUT2D eigenvalue weighted by Crippen LogP contribution is 2.13. The van der Waals surface area contributed by atoms with Gasteiger partial charge in [0.2, 0.25) is 0 Å². The van der Waals surface area contributed by atoms with Crippen molar-refractivity contribution in [1.29, 1.82) is 0 Å². The van der Waals surface area contributed by atoms with E-state index in [1.807, 2.05) is 0 Å². The first kappa shape index (κ1) is 15.0. The molecule has 19 heavy (non-hydrogen) atoms. The molecule has 1 aromatic rings. The maximum absolute atomic E-state index is 11.7. The smallest absolute Gasteiger partial charge is 0.412 e. The van der Waals surface area contributed by atoms with E-state index in [9.17, 15) is 9.59 Å². The SMILES string of the molecule is CN(C)C(=O)c1ccc(NC(=O)OC(C)(C)C)cc1. The van der Waals surface area contributed by atoms with Gasteiger partial charge >= 0.3 is 6.09 Å². The summed E-state index contributed by atoms with van der Waals surface area (Å²) < 4.78 is 5.13. The van der Waals surface area contributed by atoms with E-state index in [1.54, 1.807) is 59.1 Å². The quantitative estimate of drug-likeness (QED) is 0.893. The molecule has 1 aromatic carbocycles. The zero-order chi connectivity index (χ0) is 14.6. The number of hydrogen-bond donors (Lipinski definition) is 1. The summed E-state index contributed by atoms with van der Waals surface area (Å²) in [5.74, 6) is -0.0798. The Balaban J connectivity index is 2.67. The Hall–Kier alpha value is -2.04. The molecule has 1 rings (SSSR count). The molecule has 5 heteroatoms. The van der Waals surface area contributed by atoms with Gasteiger partial charge in [-0.05, 0) is 45.0 Å². The second-order valence-corrected chi connectivity index (χ2v) is 5.40. The van der Waals surface area contributed by atoms with E-state index >= 15 is 0 Å². The summed E-state index contributed by atoms with van der Waals surface area (Å²) >= 11 is 0. The third-order valence-electron chi connectivity index (χ3n) is 2.18. The third kappa shape index (κ3) is 4.99. The van der Waals surface area contributed by atoms with Gasteiger partial charge in [-0.15, -0.1) is 0 Å². The van der Waals surface area contributed by atoms with Crippen LogP contribution in [0.5, 0.6) is 0 Å². The van der Waals surface area contributed by atoms with Crippen LogP contribution in [0.25, 0.3) is 0 Å². The molecule has 1 N–H and O–H groups in total. The lowest BCUT2D eigenvalue weighted by atomic mass is 10.2. The van der Waals surface area contributed by atoms with Crippen LogP contribution in [0.4, 0.5) is 10.5 Å². The predicted octanol–water partition coefficient (Wildman–Crippen LogP) is 2.74.